The second-order valence-electron chi connectivity index (χ2n) is 7.22. The molecule has 0 fully saturated rings. The molecule has 0 aliphatic carbocycles. The van der Waals surface area contributed by atoms with Gasteiger partial charge in [-0.05, 0) is 47.5 Å². The van der Waals surface area contributed by atoms with Gasteiger partial charge in [-0.3, -0.25) is 9.78 Å². The molecule has 168 valence electrons. The number of nitrogens with zero attached hydrogens (tertiary/aromatic N) is 3. The topological polar surface area (TPSA) is 89.0 Å². The lowest BCUT2D eigenvalue weighted by molar-refractivity contribution is -0.119. The average Bonchev–Trinajstić information content (AvgIpc) is 2.83. The molecule has 2 heterocycles. The molecule has 0 atom stereocenters. The maximum atomic E-state index is 13.9. The number of rotatable bonds is 7. The first-order chi connectivity index (χ1) is 16.0. The van der Waals surface area contributed by atoms with Crippen molar-refractivity contribution in [1.82, 2.24) is 20.3 Å². The summed E-state index contributed by atoms with van der Waals surface area (Å²) in [6.45, 7) is 1.91. The Labute approximate surface area is 188 Å². The van der Waals surface area contributed by atoms with Gasteiger partial charge in [-0.2, -0.15) is 0 Å². The Morgan fingerprint density at radius 1 is 1.03 bits per heavy atom. The molecule has 0 radical (unpaired) electrons. The van der Waals surface area contributed by atoms with Crippen molar-refractivity contribution in [2.75, 3.05) is 25.5 Å². The van der Waals surface area contributed by atoms with Crippen LogP contribution in [0.4, 0.5) is 14.6 Å². The molecule has 0 aliphatic rings. The minimum absolute atomic E-state index is 0.169. The van der Waals surface area contributed by atoms with Crippen LogP contribution < -0.4 is 15.4 Å². The van der Waals surface area contributed by atoms with Crippen molar-refractivity contribution in [1.29, 1.82) is 0 Å². The molecule has 2 aromatic heterocycles. The van der Waals surface area contributed by atoms with Gasteiger partial charge in [0.15, 0.2) is 17.5 Å². The Hall–Kier alpha value is -4.14. The molecular formula is C24H21F2N5O2. The van der Waals surface area contributed by atoms with Crippen LogP contribution in [-0.2, 0) is 4.79 Å². The molecule has 0 bridgehead atoms. The van der Waals surface area contributed by atoms with E-state index in [-0.39, 0.29) is 12.5 Å². The molecule has 0 saturated carbocycles. The first kappa shape index (κ1) is 22.1. The molecule has 0 unspecified atom stereocenters. The number of hydrogen-bond donors (Lipinski definition) is 2. The number of carbonyl (C=O) groups is 1. The van der Waals surface area contributed by atoms with E-state index in [9.17, 15) is 13.6 Å². The lowest BCUT2D eigenvalue weighted by atomic mass is 10.0. The minimum atomic E-state index is -0.947. The van der Waals surface area contributed by atoms with Crippen molar-refractivity contribution in [3.63, 3.8) is 0 Å². The third-order valence-electron chi connectivity index (χ3n) is 4.91. The Morgan fingerprint density at radius 2 is 1.88 bits per heavy atom. The highest BCUT2D eigenvalue weighted by molar-refractivity contribution is 5.97. The molecule has 4 aromatic rings. The molecular weight excluding hydrogens is 428 g/mol. The van der Waals surface area contributed by atoms with Gasteiger partial charge in [0.1, 0.15) is 23.7 Å². The lowest BCUT2D eigenvalue weighted by Crippen LogP contribution is -2.25. The second kappa shape index (κ2) is 9.56. The molecule has 4 rings (SSSR count). The summed E-state index contributed by atoms with van der Waals surface area (Å²) in [4.78, 5) is 24.6. The van der Waals surface area contributed by atoms with Crippen molar-refractivity contribution in [3.05, 3.63) is 66.5 Å². The van der Waals surface area contributed by atoms with Gasteiger partial charge >= 0.3 is 0 Å². The van der Waals surface area contributed by atoms with Gasteiger partial charge in [0.25, 0.3) is 0 Å². The Morgan fingerprint density at radius 3 is 2.58 bits per heavy atom. The van der Waals surface area contributed by atoms with E-state index in [0.29, 0.717) is 46.0 Å². The summed E-state index contributed by atoms with van der Waals surface area (Å²) >= 11 is 0. The number of fused-ring (bicyclic) bond motifs is 1. The van der Waals surface area contributed by atoms with Gasteiger partial charge in [-0.1, -0.05) is 6.07 Å². The summed E-state index contributed by atoms with van der Waals surface area (Å²) in [6, 6.07) is 10.8. The van der Waals surface area contributed by atoms with Gasteiger partial charge in [-0.25, -0.2) is 18.7 Å². The molecule has 2 aromatic carbocycles. The zero-order valence-corrected chi connectivity index (χ0v) is 18.0. The van der Waals surface area contributed by atoms with Crippen molar-refractivity contribution >= 4 is 22.6 Å². The molecule has 1 amide bonds. The zero-order chi connectivity index (χ0) is 23.4. The maximum Gasteiger partial charge on any atom is 0.216 e. The summed E-state index contributed by atoms with van der Waals surface area (Å²) in [6.07, 6.45) is 3.32. The fourth-order valence-electron chi connectivity index (χ4n) is 3.36. The van der Waals surface area contributed by atoms with Gasteiger partial charge in [0, 0.05) is 37.3 Å². The Kier molecular flexibility index (Phi) is 6.39. The highest BCUT2D eigenvalue weighted by Crippen LogP contribution is 2.36. The smallest absolute Gasteiger partial charge is 0.216 e. The summed E-state index contributed by atoms with van der Waals surface area (Å²) in [5.74, 6) is -0.633. The lowest BCUT2D eigenvalue weighted by Gasteiger charge is -2.15. The van der Waals surface area contributed by atoms with Crippen molar-refractivity contribution < 1.29 is 18.3 Å². The third kappa shape index (κ3) is 4.87. The van der Waals surface area contributed by atoms with Gasteiger partial charge < -0.3 is 15.4 Å². The zero-order valence-electron chi connectivity index (χ0n) is 18.0. The largest absolute Gasteiger partial charge is 0.489 e. The standard InChI is InChI=1S/C24H21F2N5O2/c1-14(32)29-8-9-33-21-12-17(15-5-6-19(25)20(26)11-15)10-18-22(21)30-23(31-24(18)27-2)16-4-3-7-28-13-16/h3-7,10-13H,8-9H2,1-2H3,(H,29,32)(H,27,30,31). The van der Waals surface area contributed by atoms with E-state index < -0.39 is 11.6 Å². The minimum Gasteiger partial charge on any atom is -0.489 e. The normalized spacial score (nSPS) is 10.8. The van der Waals surface area contributed by atoms with Crippen LogP contribution >= 0.6 is 0 Å². The SMILES string of the molecule is CNc1nc(-c2cccnc2)nc2c(OCCNC(C)=O)cc(-c3ccc(F)c(F)c3)cc12. The van der Waals surface area contributed by atoms with E-state index in [1.807, 2.05) is 6.07 Å². The van der Waals surface area contributed by atoms with Crippen LogP contribution in [0.25, 0.3) is 33.4 Å². The van der Waals surface area contributed by atoms with E-state index in [0.717, 1.165) is 17.7 Å². The van der Waals surface area contributed by atoms with Crippen LogP contribution in [0.1, 0.15) is 6.92 Å². The van der Waals surface area contributed by atoms with E-state index in [1.54, 1.807) is 37.6 Å². The van der Waals surface area contributed by atoms with Crippen molar-refractivity contribution in [3.8, 4) is 28.3 Å². The highest BCUT2D eigenvalue weighted by Gasteiger charge is 2.16. The first-order valence-electron chi connectivity index (χ1n) is 10.2. The number of amides is 1. The van der Waals surface area contributed by atoms with E-state index in [2.05, 4.69) is 20.6 Å². The molecule has 33 heavy (non-hydrogen) atoms. The number of halogens is 2. The molecule has 0 saturated heterocycles. The van der Waals surface area contributed by atoms with Gasteiger partial charge in [0.2, 0.25) is 5.91 Å². The number of nitrogens with one attached hydrogen (secondary N) is 2. The Balaban J connectivity index is 1.87. The number of pyridine rings is 1. The number of benzene rings is 2. The van der Waals surface area contributed by atoms with E-state index in [4.69, 9.17) is 9.72 Å². The summed E-state index contributed by atoms with van der Waals surface area (Å²) in [5.41, 5.74) is 2.33. The Bertz CT molecular complexity index is 1320. The predicted molar refractivity (Wildman–Crippen MR) is 122 cm³/mol. The van der Waals surface area contributed by atoms with Crippen LogP contribution in [0.3, 0.4) is 0 Å². The van der Waals surface area contributed by atoms with Gasteiger partial charge in [-0.15, -0.1) is 0 Å². The van der Waals surface area contributed by atoms with Crippen molar-refractivity contribution in [2.24, 2.45) is 0 Å². The van der Waals surface area contributed by atoms with Crippen LogP contribution in [0.5, 0.6) is 5.75 Å². The van der Waals surface area contributed by atoms with E-state index >= 15 is 0 Å². The quantitative estimate of drug-likeness (QED) is 0.411. The number of anilines is 1. The van der Waals surface area contributed by atoms with Crippen molar-refractivity contribution in [2.45, 2.75) is 6.92 Å². The van der Waals surface area contributed by atoms with E-state index in [1.165, 1.54) is 13.0 Å². The molecule has 2 N–H and O–H groups in total. The average molecular weight is 449 g/mol. The summed E-state index contributed by atoms with van der Waals surface area (Å²) < 4.78 is 33.3. The molecule has 0 aliphatic heterocycles. The highest BCUT2D eigenvalue weighted by atomic mass is 19.2. The second-order valence-corrected chi connectivity index (χ2v) is 7.22. The van der Waals surface area contributed by atoms with Crippen LogP contribution in [0.2, 0.25) is 0 Å². The molecule has 7 nitrogen and oxygen atoms in total. The fourth-order valence-corrected chi connectivity index (χ4v) is 3.36. The monoisotopic (exact) mass is 449 g/mol. The molecule has 0 spiro atoms. The number of aromatic nitrogens is 3. The van der Waals surface area contributed by atoms with Crippen LogP contribution in [0.15, 0.2) is 54.9 Å². The summed E-state index contributed by atoms with van der Waals surface area (Å²) in [5, 5.41) is 6.39. The first-order valence-corrected chi connectivity index (χ1v) is 10.2. The van der Waals surface area contributed by atoms with Gasteiger partial charge in [0.05, 0.1) is 6.54 Å². The van der Waals surface area contributed by atoms with Crippen LogP contribution in [0, 0.1) is 11.6 Å². The van der Waals surface area contributed by atoms with Crippen LogP contribution in [-0.4, -0.2) is 41.1 Å². The number of ether oxygens (including phenoxy) is 1. The number of hydrogen-bond acceptors (Lipinski definition) is 6. The molecule has 9 heteroatoms. The predicted octanol–water partition coefficient (Wildman–Crippen LogP) is 4.19. The number of carbonyl (C=O) groups excluding carboxylic acids is 1. The maximum absolute atomic E-state index is 13.9. The third-order valence-corrected chi connectivity index (χ3v) is 4.91. The fraction of sp³-hybridized carbons (Fsp3) is 0.167. The summed E-state index contributed by atoms with van der Waals surface area (Å²) in [7, 11) is 1.73.